The number of furan rings is 1. The molecule has 1 aromatic carbocycles. The average Bonchev–Trinajstić information content (AvgIpc) is 3.44. The van der Waals surface area contributed by atoms with Crippen LogP contribution < -0.4 is 4.72 Å². The van der Waals surface area contributed by atoms with Crippen molar-refractivity contribution in [1.29, 1.82) is 0 Å². The molecule has 1 aliphatic carbocycles. The third-order valence-electron chi connectivity index (χ3n) is 7.00. The highest BCUT2D eigenvalue weighted by atomic mass is 32.2. The molecule has 0 saturated heterocycles. The van der Waals surface area contributed by atoms with Crippen molar-refractivity contribution in [3.05, 3.63) is 47.9 Å². The van der Waals surface area contributed by atoms with Gasteiger partial charge in [-0.3, -0.25) is 9.59 Å². The number of nitrogens with one attached hydrogen (secondary N) is 1. The van der Waals surface area contributed by atoms with Crippen LogP contribution in [0.4, 0.5) is 0 Å². The highest BCUT2D eigenvalue weighted by molar-refractivity contribution is 7.91. The van der Waals surface area contributed by atoms with Crippen LogP contribution in [-0.2, 0) is 21.4 Å². The van der Waals surface area contributed by atoms with Gasteiger partial charge in [0.1, 0.15) is 6.54 Å². The minimum Gasteiger partial charge on any atom is -0.472 e. The second kappa shape index (κ2) is 9.76. The lowest BCUT2D eigenvalue weighted by molar-refractivity contribution is -0.129. The zero-order valence-corrected chi connectivity index (χ0v) is 22.4. The van der Waals surface area contributed by atoms with E-state index in [-0.39, 0.29) is 18.0 Å². The Morgan fingerprint density at radius 1 is 1.11 bits per heavy atom. The number of carbonyl (C=O) groups is 2. The molecule has 4 rings (SSSR count). The van der Waals surface area contributed by atoms with Gasteiger partial charge in [0.25, 0.3) is 5.91 Å². The molecule has 1 saturated carbocycles. The molecule has 2 amide bonds. The normalized spacial score (nSPS) is 15.2. The van der Waals surface area contributed by atoms with Crippen molar-refractivity contribution in [3.8, 4) is 11.3 Å². The Kier molecular flexibility index (Phi) is 7.05. The zero-order valence-electron chi connectivity index (χ0n) is 21.6. The number of carbonyl (C=O) groups excluding carboxylic acids is 2. The van der Waals surface area contributed by atoms with Crippen molar-refractivity contribution in [1.82, 2.24) is 14.2 Å². The largest absolute Gasteiger partial charge is 0.472 e. The van der Waals surface area contributed by atoms with E-state index in [2.05, 4.69) is 4.72 Å². The molecule has 1 fully saturated rings. The van der Waals surface area contributed by atoms with Gasteiger partial charge < -0.3 is 13.9 Å². The summed E-state index contributed by atoms with van der Waals surface area (Å²) in [5.41, 5.74) is 3.90. The molecule has 1 N–H and O–H groups in total. The molecular formula is C27H35N3O5S. The van der Waals surface area contributed by atoms with Crippen molar-refractivity contribution in [2.75, 3.05) is 14.1 Å². The van der Waals surface area contributed by atoms with Gasteiger partial charge in [0, 0.05) is 30.6 Å². The van der Waals surface area contributed by atoms with Gasteiger partial charge in [-0.1, -0.05) is 25.3 Å². The quantitative estimate of drug-likeness (QED) is 0.505. The first kappa shape index (κ1) is 26.0. The molecular weight excluding hydrogens is 478 g/mol. The second-order valence-electron chi connectivity index (χ2n) is 10.8. The monoisotopic (exact) mass is 513 g/mol. The van der Waals surface area contributed by atoms with Crippen molar-refractivity contribution in [2.45, 2.75) is 70.1 Å². The van der Waals surface area contributed by atoms with Crippen LogP contribution in [0.1, 0.15) is 74.7 Å². The molecule has 2 aromatic heterocycles. The van der Waals surface area contributed by atoms with Crippen LogP contribution in [0.2, 0.25) is 0 Å². The van der Waals surface area contributed by atoms with E-state index in [1.165, 1.54) is 32.1 Å². The summed E-state index contributed by atoms with van der Waals surface area (Å²) < 4.78 is 33.7. The number of sulfonamides is 1. The smallest absolute Gasteiger partial charge is 0.264 e. The number of likely N-dealkylation sites (N-methyl/N-ethyl adjacent to an activating group) is 1. The fraction of sp³-hybridized carbons (Fsp3) is 0.481. The maximum Gasteiger partial charge on any atom is 0.264 e. The standard InChI is InChI=1S/C27H35N3O5S/c1-27(2,3)36(33,34)28-26(32)19-11-12-21-22(15-19)30(16-23(31)29(4)5)25(20-13-14-35-17-20)24(21)18-9-7-6-8-10-18/h11-15,17-18H,6-10,16H2,1-5H3,(H,28,32). The maximum absolute atomic E-state index is 13.0. The fourth-order valence-corrected chi connectivity index (χ4v) is 5.48. The third kappa shape index (κ3) is 4.93. The van der Waals surface area contributed by atoms with Crippen LogP contribution in [0.5, 0.6) is 0 Å². The minimum absolute atomic E-state index is 0.0854. The van der Waals surface area contributed by atoms with E-state index >= 15 is 0 Å². The Labute approximate surface area is 212 Å². The number of rotatable bonds is 6. The van der Waals surface area contributed by atoms with E-state index in [0.29, 0.717) is 5.92 Å². The van der Waals surface area contributed by atoms with E-state index < -0.39 is 20.7 Å². The molecule has 194 valence electrons. The summed E-state index contributed by atoms with van der Waals surface area (Å²) in [5, 5.41) is 0.972. The van der Waals surface area contributed by atoms with Gasteiger partial charge in [0.05, 0.1) is 28.5 Å². The first-order valence-corrected chi connectivity index (χ1v) is 13.8. The Morgan fingerprint density at radius 2 is 1.81 bits per heavy atom. The van der Waals surface area contributed by atoms with E-state index in [1.807, 2.05) is 16.7 Å². The summed E-state index contributed by atoms with van der Waals surface area (Å²) in [5.74, 6) is -0.456. The number of hydrogen-bond acceptors (Lipinski definition) is 5. The molecule has 0 aliphatic heterocycles. The Morgan fingerprint density at radius 3 is 2.39 bits per heavy atom. The van der Waals surface area contributed by atoms with Crippen molar-refractivity contribution in [3.63, 3.8) is 0 Å². The van der Waals surface area contributed by atoms with Crippen molar-refractivity contribution >= 4 is 32.7 Å². The van der Waals surface area contributed by atoms with Crippen molar-refractivity contribution in [2.24, 2.45) is 0 Å². The van der Waals surface area contributed by atoms with Crippen LogP contribution in [0.15, 0.2) is 41.2 Å². The summed E-state index contributed by atoms with van der Waals surface area (Å²) in [6.45, 7) is 4.70. The summed E-state index contributed by atoms with van der Waals surface area (Å²) in [7, 11) is -0.450. The lowest BCUT2D eigenvalue weighted by Crippen LogP contribution is -2.42. The first-order chi connectivity index (χ1) is 16.9. The number of fused-ring (bicyclic) bond motifs is 1. The molecule has 0 unspecified atom stereocenters. The predicted octanol–water partition coefficient (Wildman–Crippen LogP) is 4.90. The van der Waals surface area contributed by atoms with Crippen molar-refractivity contribution < 1.29 is 22.4 Å². The molecule has 0 bridgehead atoms. The molecule has 0 radical (unpaired) electrons. The molecule has 9 heteroatoms. The van der Waals surface area contributed by atoms with Crippen LogP contribution >= 0.6 is 0 Å². The summed E-state index contributed by atoms with van der Waals surface area (Å²) in [6, 6.07) is 7.14. The third-order valence-corrected chi connectivity index (χ3v) is 9.07. The summed E-state index contributed by atoms with van der Waals surface area (Å²) in [6.07, 6.45) is 8.90. The Balaban J connectivity index is 1.92. The van der Waals surface area contributed by atoms with Gasteiger partial charge >= 0.3 is 0 Å². The number of amides is 2. The van der Waals surface area contributed by atoms with Gasteiger partial charge in [-0.25, -0.2) is 13.1 Å². The Hall–Kier alpha value is -3.07. The van der Waals surface area contributed by atoms with Gasteiger partial charge in [-0.15, -0.1) is 0 Å². The second-order valence-corrected chi connectivity index (χ2v) is 13.2. The number of hydrogen-bond donors (Lipinski definition) is 1. The highest BCUT2D eigenvalue weighted by Crippen LogP contribution is 2.44. The number of benzene rings is 1. The lowest BCUT2D eigenvalue weighted by Gasteiger charge is -2.23. The minimum atomic E-state index is -3.87. The first-order valence-electron chi connectivity index (χ1n) is 12.4. The lowest BCUT2D eigenvalue weighted by atomic mass is 9.82. The molecule has 0 atom stereocenters. The van der Waals surface area contributed by atoms with E-state index in [4.69, 9.17) is 4.42 Å². The van der Waals surface area contributed by atoms with Crippen LogP contribution in [0.25, 0.3) is 22.2 Å². The highest BCUT2D eigenvalue weighted by Gasteiger charge is 2.32. The molecule has 0 spiro atoms. The summed E-state index contributed by atoms with van der Waals surface area (Å²) >= 11 is 0. The average molecular weight is 514 g/mol. The van der Waals surface area contributed by atoms with E-state index in [9.17, 15) is 18.0 Å². The van der Waals surface area contributed by atoms with Crippen LogP contribution in [0.3, 0.4) is 0 Å². The SMILES string of the molecule is CN(C)C(=O)Cn1c(-c2ccoc2)c(C2CCCCC2)c2ccc(C(=O)NS(=O)(=O)C(C)(C)C)cc21. The number of nitrogens with zero attached hydrogens (tertiary/aromatic N) is 2. The molecule has 2 heterocycles. The molecule has 3 aromatic rings. The van der Waals surface area contributed by atoms with Crippen LogP contribution in [0, 0.1) is 0 Å². The zero-order chi connectivity index (χ0) is 26.3. The van der Waals surface area contributed by atoms with Gasteiger partial charge in [0.2, 0.25) is 15.9 Å². The topological polar surface area (TPSA) is 102 Å². The summed E-state index contributed by atoms with van der Waals surface area (Å²) in [4.78, 5) is 27.5. The van der Waals surface area contributed by atoms with Crippen LogP contribution in [-0.4, -0.2) is 48.5 Å². The molecule has 36 heavy (non-hydrogen) atoms. The predicted molar refractivity (Wildman–Crippen MR) is 140 cm³/mol. The van der Waals surface area contributed by atoms with Gasteiger partial charge in [-0.05, 0) is 63.3 Å². The maximum atomic E-state index is 13.0. The van der Waals surface area contributed by atoms with E-state index in [0.717, 1.165) is 53.4 Å². The van der Waals surface area contributed by atoms with Gasteiger partial charge in [0.15, 0.2) is 0 Å². The fourth-order valence-electron chi connectivity index (χ4n) is 4.81. The number of aromatic nitrogens is 1. The molecule has 1 aliphatic rings. The van der Waals surface area contributed by atoms with Gasteiger partial charge in [-0.2, -0.15) is 0 Å². The Bertz CT molecular complexity index is 1370. The molecule has 8 nitrogen and oxygen atoms in total. The van der Waals surface area contributed by atoms with E-state index in [1.54, 1.807) is 38.8 Å².